The average Bonchev–Trinajstić information content (AvgIpc) is 3.14. The molecule has 1 aromatic heterocycles. The van der Waals surface area contributed by atoms with E-state index in [2.05, 4.69) is 27.6 Å². The molecule has 2 aromatic carbocycles. The Kier molecular flexibility index (Phi) is 6.44. The number of amides is 1. The fourth-order valence-corrected chi connectivity index (χ4v) is 3.14. The minimum atomic E-state index is -0.00579. The summed E-state index contributed by atoms with van der Waals surface area (Å²) < 4.78 is 5.64. The van der Waals surface area contributed by atoms with Crippen molar-refractivity contribution in [1.82, 2.24) is 15.5 Å². The van der Waals surface area contributed by atoms with Crippen molar-refractivity contribution >= 4 is 17.7 Å². The molecule has 0 unspecified atom stereocenters. The molecular formula is C20H21N3O2S. The van der Waals surface area contributed by atoms with Gasteiger partial charge in [-0.25, -0.2) is 0 Å². The summed E-state index contributed by atoms with van der Waals surface area (Å²) in [6.45, 7) is 2.66. The van der Waals surface area contributed by atoms with E-state index in [1.807, 2.05) is 49.4 Å². The van der Waals surface area contributed by atoms with Crippen LogP contribution in [0.4, 0.5) is 0 Å². The van der Waals surface area contributed by atoms with Gasteiger partial charge in [0.25, 0.3) is 0 Å². The number of aromatic nitrogens is 2. The maximum absolute atomic E-state index is 11.9. The molecule has 134 valence electrons. The van der Waals surface area contributed by atoms with Crippen molar-refractivity contribution in [2.45, 2.75) is 24.7 Å². The average molecular weight is 367 g/mol. The van der Waals surface area contributed by atoms with Crippen LogP contribution in [0.2, 0.25) is 0 Å². The third kappa shape index (κ3) is 5.46. The van der Waals surface area contributed by atoms with E-state index in [-0.39, 0.29) is 5.91 Å². The van der Waals surface area contributed by atoms with Crippen LogP contribution in [0.1, 0.15) is 17.9 Å². The molecule has 0 fully saturated rings. The Morgan fingerprint density at radius 1 is 1.08 bits per heavy atom. The smallest absolute Gasteiger partial charge is 0.247 e. The Morgan fingerprint density at radius 2 is 1.85 bits per heavy atom. The summed E-state index contributed by atoms with van der Waals surface area (Å²) >= 11 is 1.72. The molecule has 1 N–H and O–H groups in total. The lowest BCUT2D eigenvalue weighted by atomic mass is 10.1. The second kappa shape index (κ2) is 9.20. The van der Waals surface area contributed by atoms with Crippen LogP contribution in [0.25, 0.3) is 11.5 Å². The molecule has 3 rings (SSSR count). The maximum Gasteiger partial charge on any atom is 0.247 e. The number of benzene rings is 2. The van der Waals surface area contributed by atoms with Crippen molar-refractivity contribution in [3.8, 4) is 11.5 Å². The molecule has 0 aliphatic heterocycles. The van der Waals surface area contributed by atoms with Gasteiger partial charge >= 0.3 is 0 Å². The second-order valence-corrected chi connectivity index (χ2v) is 7.05. The first-order valence-corrected chi connectivity index (χ1v) is 9.53. The monoisotopic (exact) mass is 367 g/mol. The third-order valence-electron chi connectivity index (χ3n) is 3.77. The number of rotatable bonds is 8. The van der Waals surface area contributed by atoms with Gasteiger partial charge in [0.05, 0.1) is 0 Å². The lowest BCUT2D eigenvalue weighted by molar-refractivity contribution is -0.121. The summed E-state index contributed by atoms with van der Waals surface area (Å²) in [6, 6.07) is 18.0. The number of hydrogen-bond donors (Lipinski definition) is 1. The highest BCUT2D eigenvalue weighted by Crippen LogP contribution is 2.19. The molecule has 0 aliphatic carbocycles. The van der Waals surface area contributed by atoms with Gasteiger partial charge in [0, 0.05) is 35.6 Å². The van der Waals surface area contributed by atoms with E-state index in [1.54, 1.807) is 11.8 Å². The zero-order chi connectivity index (χ0) is 18.2. The molecule has 0 radical (unpaired) electrons. The minimum Gasteiger partial charge on any atom is -0.421 e. The van der Waals surface area contributed by atoms with E-state index >= 15 is 0 Å². The Balaban J connectivity index is 1.38. The number of hydrogen-bond acceptors (Lipinski definition) is 5. The molecule has 5 nitrogen and oxygen atoms in total. The highest BCUT2D eigenvalue weighted by atomic mass is 32.2. The predicted molar refractivity (Wildman–Crippen MR) is 103 cm³/mol. The summed E-state index contributed by atoms with van der Waals surface area (Å²) in [5.74, 6) is 1.80. The van der Waals surface area contributed by atoms with Gasteiger partial charge in [0.1, 0.15) is 0 Å². The van der Waals surface area contributed by atoms with Gasteiger partial charge in [0.15, 0.2) is 0 Å². The summed E-state index contributed by atoms with van der Waals surface area (Å²) in [7, 11) is 0. The summed E-state index contributed by atoms with van der Waals surface area (Å²) in [5, 5.41) is 11.0. The van der Waals surface area contributed by atoms with E-state index < -0.39 is 0 Å². The first-order valence-electron chi connectivity index (χ1n) is 8.55. The van der Waals surface area contributed by atoms with Crippen LogP contribution < -0.4 is 5.32 Å². The molecule has 0 aliphatic rings. The van der Waals surface area contributed by atoms with Crippen LogP contribution in [-0.2, 0) is 11.2 Å². The van der Waals surface area contributed by atoms with Crippen LogP contribution in [0, 0.1) is 6.92 Å². The van der Waals surface area contributed by atoms with E-state index in [0.29, 0.717) is 31.2 Å². The molecule has 0 saturated heterocycles. The van der Waals surface area contributed by atoms with Crippen molar-refractivity contribution in [3.63, 3.8) is 0 Å². The van der Waals surface area contributed by atoms with Crippen LogP contribution in [0.15, 0.2) is 63.9 Å². The molecule has 1 amide bonds. The van der Waals surface area contributed by atoms with Crippen LogP contribution in [0.5, 0.6) is 0 Å². The van der Waals surface area contributed by atoms with Crippen molar-refractivity contribution in [2.75, 3.05) is 12.3 Å². The van der Waals surface area contributed by atoms with Gasteiger partial charge in [-0.2, -0.15) is 0 Å². The van der Waals surface area contributed by atoms with Crippen molar-refractivity contribution < 1.29 is 9.21 Å². The number of thioether (sulfide) groups is 1. The summed E-state index contributed by atoms with van der Waals surface area (Å²) in [6.07, 6.45) is 0.780. The number of carbonyl (C=O) groups excluding carboxylic acids is 1. The standard InChI is InChI=1S/C20H21N3O2S/c1-15-7-9-16(10-8-15)20-23-22-19(25-20)12-11-18(24)21-13-14-26-17-5-3-2-4-6-17/h2-10H,11-14H2,1H3,(H,21,24). The molecule has 6 heteroatoms. The number of nitrogens with one attached hydrogen (secondary N) is 1. The molecular weight excluding hydrogens is 346 g/mol. The van der Waals surface area contributed by atoms with Gasteiger partial charge in [0.2, 0.25) is 17.7 Å². The minimum absolute atomic E-state index is 0.00579. The predicted octanol–water partition coefficient (Wildman–Crippen LogP) is 3.89. The summed E-state index contributed by atoms with van der Waals surface area (Å²) in [5.41, 5.74) is 2.06. The lowest BCUT2D eigenvalue weighted by Crippen LogP contribution is -2.25. The van der Waals surface area contributed by atoms with Gasteiger partial charge in [-0.05, 0) is 31.2 Å². The third-order valence-corrected chi connectivity index (χ3v) is 4.78. The maximum atomic E-state index is 11.9. The topological polar surface area (TPSA) is 68.0 Å². The van der Waals surface area contributed by atoms with E-state index in [4.69, 9.17) is 4.42 Å². The zero-order valence-electron chi connectivity index (χ0n) is 14.6. The zero-order valence-corrected chi connectivity index (χ0v) is 15.5. The number of nitrogens with zero attached hydrogens (tertiary/aromatic N) is 2. The largest absolute Gasteiger partial charge is 0.421 e. The number of carbonyl (C=O) groups is 1. The van der Waals surface area contributed by atoms with Gasteiger partial charge in [-0.3, -0.25) is 4.79 Å². The van der Waals surface area contributed by atoms with E-state index in [1.165, 1.54) is 10.5 Å². The lowest BCUT2D eigenvalue weighted by Gasteiger charge is -2.04. The highest BCUT2D eigenvalue weighted by Gasteiger charge is 2.10. The fourth-order valence-electron chi connectivity index (χ4n) is 2.35. The molecule has 3 aromatic rings. The quantitative estimate of drug-likeness (QED) is 0.483. The van der Waals surface area contributed by atoms with E-state index in [0.717, 1.165) is 11.3 Å². The SMILES string of the molecule is Cc1ccc(-c2nnc(CCC(=O)NCCSc3ccccc3)o2)cc1. The van der Waals surface area contributed by atoms with Gasteiger partial charge in [-0.15, -0.1) is 22.0 Å². The van der Waals surface area contributed by atoms with Crippen LogP contribution in [-0.4, -0.2) is 28.4 Å². The molecule has 0 spiro atoms. The van der Waals surface area contributed by atoms with Crippen molar-refractivity contribution in [3.05, 3.63) is 66.1 Å². The van der Waals surface area contributed by atoms with Crippen LogP contribution >= 0.6 is 11.8 Å². The molecule has 0 saturated carbocycles. The Hall–Kier alpha value is -2.60. The number of aryl methyl sites for hydroxylation is 2. The van der Waals surface area contributed by atoms with Gasteiger partial charge < -0.3 is 9.73 Å². The van der Waals surface area contributed by atoms with Crippen molar-refractivity contribution in [1.29, 1.82) is 0 Å². The Bertz CT molecular complexity index is 832. The van der Waals surface area contributed by atoms with Crippen molar-refractivity contribution in [2.24, 2.45) is 0 Å². The first-order chi connectivity index (χ1) is 12.7. The first kappa shape index (κ1) is 18.2. The summed E-state index contributed by atoms with van der Waals surface area (Å²) in [4.78, 5) is 13.1. The van der Waals surface area contributed by atoms with Crippen LogP contribution in [0.3, 0.4) is 0 Å². The Morgan fingerprint density at radius 3 is 2.62 bits per heavy atom. The Labute approximate surface area is 157 Å². The fraction of sp³-hybridized carbons (Fsp3) is 0.250. The molecule has 0 bridgehead atoms. The highest BCUT2D eigenvalue weighted by molar-refractivity contribution is 7.99. The van der Waals surface area contributed by atoms with E-state index in [9.17, 15) is 4.79 Å². The molecule has 26 heavy (non-hydrogen) atoms. The molecule has 0 atom stereocenters. The molecule has 1 heterocycles. The van der Waals surface area contributed by atoms with Gasteiger partial charge in [-0.1, -0.05) is 35.9 Å². The second-order valence-electron chi connectivity index (χ2n) is 5.88. The normalized spacial score (nSPS) is 10.7.